The van der Waals surface area contributed by atoms with Gasteiger partial charge in [0.15, 0.2) is 5.13 Å². The van der Waals surface area contributed by atoms with E-state index in [1.54, 1.807) is 24.9 Å². The number of amides is 2. The van der Waals surface area contributed by atoms with E-state index in [0.717, 1.165) is 17.8 Å². The van der Waals surface area contributed by atoms with Crippen LogP contribution >= 0.6 is 11.3 Å². The number of aromatic nitrogens is 4. The van der Waals surface area contributed by atoms with Crippen LogP contribution in [0.5, 0.6) is 0 Å². The molecule has 24 heavy (non-hydrogen) atoms. The maximum Gasteiger partial charge on any atom is 0.321 e. The summed E-state index contributed by atoms with van der Waals surface area (Å²) in [5.74, 6) is 0.298. The van der Waals surface area contributed by atoms with Gasteiger partial charge in [-0.15, -0.1) is 11.3 Å². The van der Waals surface area contributed by atoms with Crippen molar-refractivity contribution in [2.45, 2.75) is 13.5 Å². The number of nitrogens with zero attached hydrogens (tertiary/aromatic N) is 4. The number of carbonyl (C=O) groups excluding carboxylic acids is 1. The molecule has 124 valence electrons. The SMILES string of the molecule is C[C@H](CNC(=O)Nc1nc(-c2cccnc2)cs1)Cn1ccnc1. The Hall–Kier alpha value is -2.74. The predicted octanol–water partition coefficient (Wildman–Crippen LogP) is 2.86. The maximum atomic E-state index is 12.0. The number of anilines is 1. The molecule has 3 heterocycles. The highest BCUT2D eigenvalue weighted by Crippen LogP contribution is 2.23. The smallest absolute Gasteiger partial charge is 0.321 e. The van der Waals surface area contributed by atoms with Crippen LogP contribution in [0.3, 0.4) is 0 Å². The van der Waals surface area contributed by atoms with E-state index in [1.807, 2.05) is 28.3 Å². The molecule has 0 aliphatic carbocycles. The first-order chi connectivity index (χ1) is 11.7. The highest BCUT2D eigenvalue weighted by molar-refractivity contribution is 7.14. The number of nitrogens with one attached hydrogen (secondary N) is 2. The Morgan fingerprint density at radius 3 is 3.04 bits per heavy atom. The van der Waals surface area contributed by atoms with E-state index in [0.29, 0.717) is 17.6 Å². The van der Waals surface area contributed by atoms with E-state index in [9.17, 15) is 4.79 Å². The van der Waals surface area contributed by atoms with E-state index in [2.05, 4.69) is 32.5 Å². The minimum absolute atomic E-state index is 0.250. The summed E-state index contributed by atoms with van der Waals surface area (Å²) in [5, 5.41) is 8.09. The van der Waals surface area contributed by atoms with Gasteiger partial charge in [0.1, 0.15) is 0 Å². The molecule has 0 fully saturated rings. The zero-order valence-electron chi connectivity index (χ0n) is 13.2. The van der Waals surface area contributed by atoms with Crippen molar-refractivity contribution in [3.05, 3.63) is 48.6 Å². The van der Waals surface area contributed by atoms with Crippen LogP contribution in [0.2, 0.25) is 0 Å². The molecule has 7 nitrogen and oxygen atoms in total. The maximum absolute atomic E-state index is 12.0. The fourth-order valence-corrected chi connectivity index (χ4v) is 2.92. The van der Waals surface area contributed by atoms with Crippen LogP contribution in [-0.4, -0.2) is 32.1 Å². The molecule has 0 aliphatic rings. The molecule has 3 aromatic heterocycles. The fraction of sp³-hybridized carbons (Fsp3) is 0.250. The molecular formula is C16H18N6OS. The first-order valence-electron chi connectivity index (χ1n) is 7.57. The summed E-state index contributed by atoms with van der Waals surface area (Å²) in [5.41, 5.74) is 1.73. The molecule has 0 spiro atoms. The molecular weight excluding hydrogens is 324 g/mol. The summed E-state index contributed by atoms with van der Waals surface area (Å²) in [4.78, 5) is 24.5. The van der Waals surface area contributed by atoms with Gasteiger partial charge in [0.25, 0.3) is 0 Å². The van der Waals surface area contributed by atoms with Gasteiger partial charge < -0.3 is 9.88 Å². The molecule has 2 amide bonds. The molecule has 0 saturated heterocycles. The lowest BCUT2D eigenvalue weighted by Gasteiger charge is -2.13. The van der Waals surface area contributed by atoms with Gasteiger partial charge in [-0.2, -0.15) is 0 Å². The van der Waals surface area contributed by atoms with Crippen LogP contribution in [0.4, 0.5) is 9.93 Å². The van der Waals surface area contributed by atoms with Crippen molar-refractivity contribution >= 4 is 22.5 Å². The Morgan fingerprint density at radius 2 is 2.29 bits per heavy atom. The Kier molecular flexibility index (Phi) is 5.17. The Morgan fingerprint density at radius 1 is 1.38 bits per heavy atom. The number of hydrogen-bond donors (Lipinski definition) is 2. The molecule has 8 heteroatoms. The second-order valence-electron chi connectivity index (χ2n) is 5.48. The Balaban J connectivity index is 1.47. The third-order valence-electron chi connectivity index (χ3n) is 3.37. The standard InChI is InChI=1S/C16H18N6OS/c1-12(9-22-6-5-18-11-22)7-19-15(23)21-16-20-14(10-24-16)13-3-2-4-17-8-13/h2-6,8,10-12H,7,9H2,1H3,(H2,19,20,21,23)/t12-/m1/s1. The van der Waals surface area contributed by atoms with E-state index in [4.69, 9.17) is 0 Å². The molecule has 0 aromatic carbocycles. The zero-order chi connectivity index (χ0) is 16.8. The highest BCUT2D eigenvalue weighted by atomic mass is 32.1. The highest BCUT2D eigenvalue weighted by Gasteiger charge is 2.09. The van der Waals surface area contributed by atoms with Crippen molar-refractivity contribution < 1.29 is 4.79 Å². The molecule has 0 bridgehead atoms. The summed E-state index contributed by atoms with van der Waals surface area (Å²) in [6.07, 6.45) is 8.89. The van der Waals surface area contributed by atoms with Crippen molar-refractivity contribution in [3.63, 3.8) is 0 Å². The molecule has 2 N–H and O–H groups in total. The molecule has 0 aliphatic heterocycles. The predicted molar refractivity (Wildman–Crippen MR) is 93.8 cm³/mol. The number of carbonyl (C=O) groups is 1. The monoisotopic (exact) mass is 342 g/mol. The van der Waals surface area contributed by atoms with Crippen molar-refractivity contribution in [2.75, 3.05) is 11.9 Å². The number of imidazole rings is 1. The van der Waals surface area contributed by atoms with Crippen LogP contribution < -0.4 is 10.6 Å². The van der Waals surface area contributed by atoms with Crippen molar-refractivity contribution in [1.29, 1.82) is 0 Å². The second-order valence-corrected chi connectivity index (χ2v) is 6.34. The lowest BCUT2D eigenvalue weighted by molar-refractivity contribution is 0.250. The number of pyridine rings is 1. The van der Waals surface area contributed by atoms with E-state index < -0.39 is 0 Å². The van der Waals surface area contributed by atoms with Gasteiger partial charge in [-0.3, -0.25) is 10.3 Å². The van der Waals surface area contributed by atoms with Gasteiger partial charge in [0.05, 0.1) is 12.0 Å². The third-order valence-corrected chi connectivity index (χ3v) is 4.13. The molecule has 0 radical (unpaired) electrons. The number of rotatable bonds is 6. The van der Waals surface area contributed by atoms with Crippen LogP contribution in [0, 0.1) is 5.92 Å². The summed E-state index contributed by atoms with van der Waals surface area (Å²) in [6.45, 7) is 3.46. The van der Waals surface area contributed by atoms with Gasteiger partial charge in [-0.1, -0.05) is 6.92 Å². The zero-order valence-corrected chi connectivity index (χ0v) is 14.0. The van der Waals surface area contributed by atoms with Gasteiger partial charge in [0, 0.05) is 48.8 Å². The van der Waals surface area contributed by atoms with Crippen LogP contribution in [-0.2, 0) is 6.54 Å². The van der Waals surface area contributed by atoms with E-state index in [-0.39, 0.29) is 6.03 Å². The third kappa shape index (κ3) is 4.39. The number of thiazole rings is 1. The first kappa shape index (κ1) is 16.1. The summed E-state index contributed by atoms with van der Waals surface area (Å²) >= 11 is 1.39. The minimum atomic E-state index is -0.250. The normalized spacial score (nSPS) is 11.9. The molecule has 1 atom stereocenters. The number of hydrogen-bond acceptors (Lipinski definition) is 5. The molecule has 0 saturated carbocycles. The molecule has 3 rings (SSSR count). The van der Waals surface area contributed by atoms with Gasteiger partial charge in [-0.25, -0.2) is 14.8 Å². The van der Waals surface area contributed by atoms with E-state index in [1.165, 1.54) is 11.3 Å². The Labute approximate surface area is 143 Å². The lowest BCUT2D eigenvalue weighted by atomic mass is 10.2. The van der Waals surface area contributed by atoms with Crippen molar-refractivity contribution in [3.8, 4) is 11.3 Å². The van der Waals surface area contributed by atoms with E-state index >= 15 is 0 Å². The van der Waals surface area contributed by atoms with Gasteiger partial charge >= 0.3 is 6.03 Å². The second kappa shape index (κ2) is 7.69. The van der Waals surface area contributed by atoms with Crippen LogP contribution in [0.1, 0.15) is 6.92 Å². The average molecular weight is 342 g/mol. The van der Waals surface area contributed by atoms with Crippen molar-refractivity contribution in [1.82, 2.24) is 24.8 Å². The minimum Gasteiger partial charge on any atom is -0.337 e. The molecule has 3 aromatic rings. The quantitative estimate of drug-likeness (QED) is 0.721. The first-order valence-corrected chi connectivity index (χ1v) is 8.45. The van der Waals surface area contributed by atoms with Gasteiger partial charge in [-0.05, 0) is 18.1 Å². The summed E-state index contributed by atoms with van der Waals surface area (Å²) in [7, 11) is 0. The summed E-state index contributed by atoms with van der Waals surface area (Å²) < 4.78 is 1.99. The summed E-state index contributed by atoms with van der Waals surface area (Å²) in [6, 6.07) is 3.54. The Bertz CT molecular complexity index is 771. The van der Waals surface area contributed by atoms with Crippen LogP contribution in [0.25, 0.3) is 11.3 Å². The average Bonchev–Trinajstić information content (AvgIpc) is 3.26. The van der Waals surface area contributed by atoms with Crippen molar-refractivity contribution in [2.24, 2.45) is 5.92 Å². The van der Waals surface area contributed by atoms with Crippen LogP contribution in [0.15, 0.2) is 48.6 Å². The molecule has 0 unspecified atom stereocenters. The topological polar surface area (TPSA) is 84.7 Å². The fourth-order valence-electron chi connectivity index (χ4n) is 2.21. The lowest BCUT2D eigenvalue weighted by Crippen LogP contribution is -2.33. The largest absolute Gasteiger partial charge is 0.337 e. The van der Waals surface area contributed by atoms with Gasteiger partial charge in [0.2, 0.25) is 0 Å². The number of urea groups is 1.